The largest absolute Gasteiger partial charge is 0.494 e. The van der Waals surface area contributed by atoms with Gasteiger partial charge in [-0.1, -0.05) is 34.5 Å². The summed E-state index contributed by atoms with van der Waals surface area (Å²) in [5.74, 6) is 1.22. The summed E-state index contributed by atoms with van der Waals surface area (Å²) in [7, 11) is 1.58. The third-order valence-electron chi connectivity index (χ3n) is 3.34. The average molecular weight is 413 g/mol. The van der Waals surface area contributed by atoms with Crippen LogP contribution in [0.3, 0.4) is 0 Å². The van der Waals surface area contributed by atoms with Crippen molar-refractivity contribution in [2.45, 2.75) is 11.3 Å². The molecule has 0 unspecified atom stereocenters. The Morgan fingerprint density at radius 2 is 2.00 bits per heavy atom. The smallest absolute Gasteiger partial charge is 0.226 e. The van der Waals surface area contributed by atoms with Gasteiger partial charge in [0.1, 0.15) is 11.3 Å². The van der Waals surface area contributed by atoms with Crippen molar-refractivity contribution in [2.24, 2.45) is 0 Å². The Balaban J connectivity index is 1.60. The molecule has 3 rings (SSSR count). The Morgan fingerprint density at radius 1 is 1.24 bits per heavy atom. The summed E-state index contributed by atoms with van der Waals surface area (Å²) >= 11 is 15.0. The Morgan fingerprint density at radius 3 is 2.72 bits per heavy atom. The summed E-state index contributed by atoms with van der Waals surface area (Å²) in [5, 5.41) is 4.63. The van der Waals surface area contributed by atoms with Gasteiger partial charge in [0.25, 0.3) is 0 Å². The van der Waals surface area contributed by atoms with E-state index in [1.54, 1.807) is 31.0 Å². The average Bonchev–Trinajstić information content (AvgIpc) is 3.01. The molecule has 3 aromatic rings. The number of nitrogens with one attached hydrogen (secondary N) is 1. The second-order valence-electron chi connectivity index (χ2n) is 5.05. The monoisotopic (exact) mass is 412 g/mol. The highest BCUT2D eigenvalue weighted by atomic mass is 35.5. The number of benzene rings is 2. The van der Waals surface area contributed by atoms with Crippen LogP contribution in [0.2, 0.25) is 10.0 Å². The maximum atomic E-state index is 12.1. The van der Waals surface area contributed by atoms with E-state index in [9.17, 15) is 4.79 Å². The molecule has 0 radical (unpaired) electrons. The molecular weight excluding hydrogens is 399 g/mol. The van der Waals surface area contributed by atoms with Gasteiger partial charge in [0, 0.05) is 22.1 Å². The summed E-state index contributed by atoms with van der Waals surface area (Å²) in [4.78, 5) is 17.6. The molecule has 1 heterocycles. The maximum Gasteiger partial charge on any atom is 0.226 e. The zero-order chi connectivity index (χ0) is 17.8. The number of anilines is 1. The van der Waals surface area contributed by atoms with Gasteiger partial charge < -0.3 is 10.1 Å². The van der Waals surface area contributed by atoms with Gasteiger partial charge in [-0.15, -0.1) is 11.8 Å². The normalized spacial score (nSPS) is 10.8. The van der Waals surface area contributed by atoms with Crippen molar-refractivity contribution in [3.05, 3.63) is 46.4 Å². The highest BCUT2D eigenvalue weighted by Gasteiger charge is 2.13. The lowest BCUT2D eigenvalue weighted by atomic mass is 10.3. The number of carbonyl (C=O) groups excluding carboxylic acids is 1. The number of ether oxygens (including phenoxy) is 1. The molecule has 2 aromatic carbocycles. The van der Waals surface area contributed by atoms with Crippen LogP contribution in [0.25, 0.3) is 10.2 Å². The number of hydrogen-bond acceptors (Lipinski definition) is 5. The maximum absolute atomic E-state index is 12.1. The van der Waals surface area contributed by atoms with E-state index in [2.05, 4.69) is 10.3 Å². The number of thioether (sulfide) groups is 1. The van der Waals surface area contributed by atoms with Crippen molar-refractivity contribution in [2.75, 3.05) is 18.2 Å². The number of nitrogens with zero attached hydrogens (tertiary/aromatic N) is 1. The van der Waals surface area contributed by atoms with Crippen molar-refractivity contribution in [3.8, 4) is 5.75 Å². The summed E-state index contributed by atoms with van der Waals surface area (Å²) in [5.41, 5.74) is 0.658. The lowest BCUT2D eigenvalue weighted by Gasteiger charge is -2.02. The SMILES string of the molecule is COc1ccc(Cl)c2sc(NC(=O)CCSc3ccc(Cl)cc3)nc12. The van der Waals surface area contributed by atoms with E-state index in [0.29, 0.717) is 38.6 Å². The van der Waals surface area contributed by atoms with Crippen LogP contribution >= 0.6 is 46.3 Å². The molecule has 0 aliphatic carbocycles. The molecule has 1 amide bonds. The molecule has 0 atom stereocenters. The van der Waals surface area contributed by atoms with E-state index in [1.165, 1.54) is 11.3 Å². The van der Waals surface area contributed by atoms with E-state index in [-0.39, 0.29) is 5.91 Å². The van der Waals surface area contributed by atoms with E-state index < -0.39 is 0 Å². The van der Waals surface area contributed by atoms with E-state index in [1.807, 2.05) is 24.3 Å². The fraction of sp³-hybridized carbons (Fsp3) is 0.176. The molecule has 8 heteroatoms. The molecule has 0 spiro atoms. The quantitative estimate of drug-likeness (QED) is 0.524. The molecule has 0 aliphatic heterocycles. The molecular formula is C17H14Cl2N2O2S2. The lowest BCUT2D eigenvalue weighted by Crippen LogP contribution is -2.11. The summed E-state index contributed by atoms with van der Waals surface area (Å²) in [6.45, 7) is 0. The first kappa shape index (κ1) is 18.3. The molecule has 0 fully saturated rings. The predicted molar refractivity (Wildman–Crippen MR) is 107 cm³/mol. The van der Waals surface area contributed by atoms with E-state index >= 15 is 0 Å². The first-order valence-electron chi connectivity index (χ1n) is 7.38. The van der Waals surface area contributed by atoms with Crippen molar-refractivity contribution in [1.82, 2.24) is 4.98 Å². The Labute approximate surface area is 163 Å². The number of carbonyl (C=O) groups is 1. The molecule has 0 saturated heterocycles. The van der Waals surface area contributed by atoms with Crippen LogP contribution in [-0.4, -0.2) is 23.8 Å². The fourth-order valence-electron chi connectivity index (χ4n) is 2.14. The fourth-order valence-corrected chi connectivity index (χ4v) is 4.29. The third kappa shape index (κ3) is 4.58. The molecule has 0 aliphatic rings. The van der Waals surface area contributed by atoms with E-state index in [4.69, 9.17) is 27.9 Å². The molecule has 0 bridgehead atoms. The summed E-state index contributed by atoms with van der Waals surface area (Å²) in [6.07, 6.45) is 0.383. The molecule has 1 N–H and O–H groups in total. The highest BCUT2D eigenvalue weighted by Crippen LogP contribution is 2.37. The minimum absolute atomic E-state index is 0.0874. The van der Waals surface area contributed by atoms with E-state index in [0.717, 1.165) is 9.60 Å². The Kier molecular flexibility index (Phi) is 6.06. The van der Waals surface area contributed by atoms with Gasteiger partial charge in [-0.25, -0.2) is 4.98 Å². The number of aromatic nitrogens is 1. The number of halogens is 2. The highest BCUT2D eigenvalue weighted by molar-refractivity contribution is 7.99. The van der Waals surface area contributed by atoms with Gasteiger partial charge in [0.05, 0.1) is 16.8 Å². The standard InChI is InChI=1S/C17H14Cl2N2O2S2/c1-23-13-7-6-12(19)16-15(13)21-17(25-16)20-14(22)8-9-24-11-4-2-10(18)3-5-11/h2-7H,8-9H2,1H3,(H,20,21,22). The molecule has 0 saturated carbocycles. The van der Waals surface area contributed by atoms with Gasteiger partial charge in [0.2, 0.25) is 5.91 Å². The molecule has 25 heavy (non-hydrogen) atoms. The number of rotatable bonds is 6. The molecule has 1 aromatic heterocycles. The number of methoxy groups -OCH3 is 1. The summed E-state index contributed by atoms with van der Waals surface area (Å²) < 4.78 is 6.08. The van der Waals surface area contributed by atoms with Crippen molar-refractivity contribution >= 4 is 67.6 Å². The first-order valence-corrected chi connectivity index (χ1v) is 9.94. The number of hydrogen-bond donors (Lipinski definition) is 1. The van der Waals surface area contributed by atoms with Crippen molar-refractivity contribution < 1.29 is 9.53 Å². The van der Waals surface area contributed by atoms with Crippen LogP contribution < -0.4 is 10.1 Å². The van der Waals surface area contributed by atoms with Gasteiger partial charge in [0.15, 0.2) is 5.13 Å². The Hall–Kier alpha value is -1.47. The van der Waals surface area contributed by atoms with Gasteiger partial charge in [-0.3, -0.25) is 4.79 Å². The van der Waals surface area contributed by atoms with Gasteiger partial charge in [-0.05, 0) is 36.4 Å². The topological polar surface area (TPSA) is 51.2 Å². The van der Waals surface area contributed by atoms with Crippen LogP contribution in [0.15, 0.2) is 41.3 Å². The third-order valence-corrected chi connectivity index (χ3v) is 6.03. The van der Waals surface area contributed by atoms with Crippen LogP contribution in [0.5, 0.6) is 5.75 Å². The second-order valence-corrected chi connectivity index (χ2v) is 8.06. The molecule has 4 nitrogen and oxygen atoms in total. The van der Waals surface area contributed by atoms with Crippen LogP contribution in [-0.2, 0) is 4.79 Å². The number of amides is 1. The first-order chi connectivity index (χ1) is 12.1. The van der Waals surface area contributed by atoms with Gasteiger partial charge >= 0.3 is 0 Å². The van der Waals surface area contributed by atoms with Crippen LogP contribution in [0.4, 0.5) is 5.13 Å². The summed E-state index contributed by atoms with van der Waals surface area (Å²) in [6, 6.07) is 11.1. The number of fused-ring (bicyclic) bond motifs is 1. The van der Waals surface area contributed by atoms with Gasteiger partial charge in [-0.2, -0.15) is 0 Å². The van der Waals surface area contributed by atoms with Crippen molar-refractivity contribution in [1.29, 1.82) is 0 Å². The van der Waals surface area contributed by atoms with Crippen LogP contribution in [0, 0.1) is 0 Å². The zero-order valence-corrected chi connectivity index (χ0v) is 16.4. The minimum atomic E-state index is -0.0874. The second kappa shape index (κ2) is 8.27. The van der Waals surface area contributed by atoms with Crippen LogP contribution in [0.1, 0.15) is 6.42 Å². The predicted octanol–water partition coefficient (Wildman–Crippen LogP) is 5.73. The Bertz CT molecular complexity index is 898. The zero-order valence-electron chi connectivity index (χ0n) is 13.2. The number of thiazole rings is 1. The van der Waals surface area contributed by atoms with Crippen molar-refractivity contribution in [3.63, 3.8) is 0 Å². The minimum Gasteiger partial charge on any atom is -0.494 e. The lowest BCUT2D eigenvalue weighted by molar-refractivity contribution is -0.115. The molecule has 130 valence electrons.